The van der Waals surface area contributed by atoms with Crippen molar-refractivity contribution < 1.29 is 0 Å². The standard InChI is InChI=1S/C13H22N2/c1-11-5-4-6-12(9-11)13(10-14)7-8-15(2)3/h4-6,9,13H,7-8,10,14H2,1-3H3. The maximum Gasteiger partial charge on any atom is -0.000775 e. The van der Waals surface area contributed by atoms with E-state index >= 15 is 0 Å². The van der Waals surface area contributed by atoms with Gasteiger partial charge in [-0.15, -0.1) is 0 Å². The number of hydrogen-bond acceptors (Lipinski definition) is 2. The van der Waals surface area contributed by atoms with E-state index in [0.717, 1.165) is 19.5 Å². The van der Waals surface area contributed by atoms with Gasteiger partial charge >= 0.3 is 0 Å². The molecule has 0 aliphatic rings. The molecule has 0 saturated carbocycles. The van der Waals surface area contributed by atoms with E-state index in [9.17, 15) is 0 Å². The second-order valence-corrected chi connectivity index (χ2v) is 4.44. The molecule has 0 heterocycles. The summed E-state index contributed by atoms with van der Waals surface area (Å²) >= 11 is 0. The van der Waals surface area contributed by atoms with Crippen molar-refractivity contribution in [2.24, 2.45) is 5.73 Å². The lowest BCUT2D eigenvalue weighted by atomic mass is 9.94. The van der Waals surface area contributed by atoms with E-state index in [1.165, 1.54) is 11.1 Å². The number of nitrogens with zero attached hydrogens (tertiary/aromatic N) is 1. The van der Waals surface area contributed by atoms with Crippen LogP contribution in [-0.4, -0.2) is 32.1 Å². The molecule has 0 spiro atoms. The lowest BCUT2D eigenvalue weighted by Crippen LogP contribution is -2.20. The minimum absolute atomic E-state index is 0.493. The Morgan fingerprint density at radius 1 is 1.33 bits per heavy atom. The molecule has 84 valence electrons. The van der Waals surface area contributed by atoms with Gasteiger partial charge in [-0.05, 0) is 52.0 Å². The van der Waals surface area contributed by atoms with Gasteiger partial charge in [-0.25, -0.2) is 0 Å². The van der Waals surface area contributed by atoms with Crippen LogP contribution in [0.25, 0.3) is 0 Å². The molecule has 1 aromatic carbocycles. The van der Waals surface area contributed by atoms with Crippen molar-refractivity contribution in [3.63, 3.8) is 0 Å². The van der Waals surface area contributed by atoms with Crippen LogP contribution in [0, 0.1) is 6.92 Å². The molecule has 0 amide bonds. The topological polar surface area (TPSA) is 29.3 Å². The highest BCUT2D eigenvalue weighted by Gasteiger charge is 2.09. The molecule has 1 atom stereocenters. The van der Waals surface area contributed by atoms with E-state index in [1.54, 1.807) is 0 Å². The minimum Gasteiger partial charge on any atom is -0.330 e. The minimum atomic E-state index is 0.493. The molecule has 1 aromatic rings. The van der Waals surface area contributed by atoms with Crippen LogP contribution >= 0.6 is 0 Å². The van der Waals surface area contributed by atoms with Crippen LogP contribution in [0.2, 0.25) is 0 Å². The Morgan fingerprint density at radius 2 is 2.07 bits per heavy atom. The zero-order valence-corrected chi connectivity index (χ0v) is 10.0. The largest absolute Gasteiger partial charge is 0.330 e. The van der Waals surface area contributed by atoms with E-state index in [1.807, 2.05) is 0 Å². The first kappa shape index (κ1) is 12.2. The Kier molecular flexibility index (Phi) is 4.79. The Morgan fingerprint density at radius 3 is 2.60 bits per heavy atom. The summed E-state index contributed by atoms with van der Waals surface area (Å²) in [5, 5.41) is 0. The molecule has 2 heteroatoms. The molecule has 1 rings (SSSR count). The molecule has 0 aromatic heterocycles. The normalized spacial score (nSPS) is 13.1. The summed E-state index contributed by atoms with van der Waals surface area (Å²) in [5.74, 6) is 0.493. The second-order valence-electron chi connectivity index (χ2n) is 4.44. The molecule has 0 saturated heterocycles. The molecule has 1 unspecified atom stereocenters. The number of hydrogen-bond donors (Lipinski definition) is 1. The average molecular weight is 206 g/mol. The van der Waals surface area contributed by atoms with Gasteiger partial charge in [0, 0.05) is 0 Å². The maximum absolute atomic E-state index is 5.82. The zero-order chi connectivity index (χ0) is 11.3. The predicted octanol–water partition coefficient (Wildman–Crippen LogP) is 1.99. The lowest BCUT2D eigenvalue weighted by Gasteiger charge is -2.18. The average Bonchev–Trinajstić information content (AvgIpc) is 2.18. The van der Waals surface area contributed by atoms with E-state index in [-0.39, 0.29) is 0 Å². The van der Waals surface area contributed by atoms with Gasteiger partial charge < -0.3 is 10.6 Å². The van der Waals surface area contributed by atoms with Crippen LogP contribution in [0.5, 0.6) is 0 Å². The molecular formula is C13H22N2. The lowest BCUT2D eigenvalue weighted by molar-refractivity contribution is 0.382. The molecule has 2 N–H and O–H groups in total. The monoisotopic (exact) mass is 206 g/mol. The molecular weight excluding hydrogens is 184 g/mol. The van der Waals surface area contributed by atoms with Crippen LogP contribution < -0.4 is 5.73 Å². The first-order chi connectivity index (χ1) is 7.13. The van der Waals surface area contributed by atoms with E-state index in [0.29, 0.717) is 5.92 Å². The van der Waals surface area contributed by atoms with Crippen molar-refractivity contribution in [3.8, 4) is 0 Å². The highest BCUT2D eigenvalue weighted by molar-refractivity contribution is 5.25. The fourth-order valence-electron chi connectivity index (χ4n) is 1.76. The molecule has 0 radical (unpaired) electrons. The van der Waals surface area contributed by atoms with Gasteiger partial charge in [-0.2, -0.15) is 0 Å². The van der Waals surface area contributed by atoms with E-state index in [4.69, 9.17) is 5.73 Å². The van der Waals surface area contributed by atoms with Gasteiger partial charge in [0.1, 0.15) is 0 Å². The van der Waals surface area contributed by atoms with Gasteiger partial charge in [-0.1, -0.05) is 29.8 Å². The summed E-state index contributed by atoms with van der Waals surface area (Å²) in [6.45, 7) is 3.95. The molecule has 2 nitrogen and oxygen atoms in total. The zero-order valence-electron chi connectivity index (χ0n) is 10.0. The predicted molar refractivity (Wildman–Crippen MR) is 66.1 cm³/mol. The summed E-state index contributed by atoms with van der Waals surface area (Å²) in [6, 6.07) is 8.67. The van der Waals surface area contributed by atoms with Crippen molar-refractivity contribution in [3.05, 3.63) is 35.4 Å². The molecule has 0 bridgehead atoms. The highest BCUT2D eigenvalue weighted by atomic mass is 15.0. The van der Waals surface area contributed by atoms with Crippen molar-refractivity contribution in [2.75, 3.05) is 27.2 Å². The number of benzene rings is 1. The van der Waals surface area contributed by atoms with E-state index < -0.39 is 0 Å². The number of rotatable bonds is 5. The smallest absolute Gasteiger partial charge is 0.000775 e. The van der Waals surface area contributed by atoms with E-state index in [2.05, 4.69) is 50.2 Å². The first-order valence-electron chi connectivity index (χ1n) is 5.55. The molecule has 0 aliphatic heterocycles. The summed E-state index contributed by atoms with van der Waals surface area (Å²) in [5.41, 5.74) is 8.51. The third-order valence-electron chi connectivity index (χ3n) is 2.72. The van der Waals surface area contributed by atoms with Crippen molar-refractivity contribution in [1.82, 2.24) is 4.90 Å². The molecule has 0 fully saturated rings. The van der Waals surface area contributed by atoms with Crippen molar-refractivity contribution in [1.29, 1.82) is 0 Å². The van der Waals surface area contributed by atoms with Gasteiger partial charge in [-0.3, -0.25) is 0 Å². The summed E-state index contributed by atoms with van der Waals surface area (Å²) in [4.78, 5) is 2.21. The highest BCUT2D eigenvalue weighted by Crippen LogP contribution is 2.19. The summed E-state index contributed by atoms with van der Waals surface area (Å²) in [6.07, 6.45) is 1.13. The molecule has 15 heavy (non-hydrogen) atoms. The SMILES string of the molecule is Cc1cccc(C(CN)CCN(C)C)c1. The van der Waals surface area contributed by atoms with Crippen molar-refractivity contribution in [2.45, 2.75) is 19.3 Å². The fourth-order valence-corrected chi connectivity index (χ4v) is 1.76. The third-order valence-corrected chi connectivity index (χ3v) is 2.72. The Labute approximate surface area is 93.1 Å². The fraction of sp³-hybridized carbons (Fsp3) is 0.538. The first-order valence-corrected chi connectivity index (χ1v) is 5.55. The Hall–Kier alpha value is -0.860. The van der Waals surface area contributed by atoms with Gasteiger partial charge in [0.2, 0.25) is 0 Å². The van der Waals surface area contributed by atoms with Crippen LogP contribution in [0.4, 0.5) is 0 Å². The van der Waals surface area contributed by atoms with Crippen molar-refractivity contribution >= 4 is 0 Å². The second kappa shape index (κ2) is 5.89. The summed E-state index contributed by atoms with van der Waals surface area (Å²) < 4.78 is 0. The maximum atomic E-state index is 5.82. The van der Waals surface area contributed by atoms with Crippen LogP contribution in [0.15, 0.2) is 24.3 Å². The van der Waals surface area contributed by atoms with Gasteiger partial charge in [0.05, 0.1) is 0 Å². The Bertz CT molecular complexity index is 294. The van der Waals surface area contributed by atoms with Crippen LogP contribution in [0.3, 0.4) is 0 Å². The quantitative estimate of drug-likeness (QED) is 0.798. The number of nitrogens with two attached hydrogens (primary N) is 1. The van der Waals surface area contributed by atoms with Gasteiger partial charge in [0.15, 0.2) is 0 Å². The Balaban J connectivity index is 2.65. The molecule has 0 aliphatic carbocycles. The van der Waals surface area contributed by atoms with Crippen LogP contribution in [0.1, 0.15) is 23.5 Å². The number of aryl methyl sites for hydroxylation is 1. The van der Waals surface area contributed by atoms with Crippen LogP contribution in [-0.2, 0) is 0 Å². The third kappa shape index (κ3) is 4.02. The van der Waals surface area contributed by atoms with Gasteiger partial charge in [0.25, 0.3) is 0 Å². The summed E-state index contributed by atoms with van der Waals surface area (Å²) in [7, 11) is 4.20.